The average molecular weight is 240 g/mol. The third kappa shape index (κ3) is 3.17. The standard InChI is InChI=1S/C12H16O3S/c1-3-4-9-16(14,15)12-7-5-11(6-8-12)10(2)13/h5-8H,3-4,9H2,1-2H3. The van der Waals surface area contributed by atoms with Gasteiger partial charge in [-0.1, -0.05) is 25.5 Å². The second-order valence-electron chi connectivity index (χ2n) is 3.75. The summed E-state index contributed by atoms with van der Waals surface area (Å²) in [6.07, 6.45) is 1.52. The van der Waals surface area contributed by atoms with E-state index in [4.69, 9.17) is 0 Å². The van der Waals surface area contributed by atoms with Crippen LogP contribution in [0.2, 0.25) is 0 Å². The largest absolute Gasteiger partial charge is 0.295 e. The van der Waals surface area contributed by atoms with Crippen molar-refractivity contribution in [2.24, 2.45) is 0 Å². The van der Waals surface area contributed by atoms with E-state index in [2.05, 4.69) is 0 Å². The van der Waals surface area contributed by atoms with Gasteiger partial charge in [-0.3, -0.25) is 4.79 Å². The number of hydrogen-bond donors (Lipinski definition) is 0. The molecule has 0 fully saturated rings. The van der Waals surface area contributed by atoms with Gasteiger partial charge in [0.15, 0.2) is 15.6 Å². The van der Waals surface area contributed by atoms with Gasteiger partial charge >= 0.3 is 0 Å². The first-order chi connectivity index (χ1) is 7.47. The molecule has 0 aromatic heterocycles. The van der Waals surface area contributed by atoms with Crippen molar-refractivity contribution in [3.8, 4) is 0 Å². The number of benzene rings is 1. The molecule has 1 aromatic rings. The number of rotatable bonds is 5. The minimum atomic E-state index is -3.18. The maximum absolute atomic E-state index is 11.8. The van der Waals surface area contributed by atoms with E-state index in [9.17, 15) is 13.2 Å². The third-order valence-corrected chi connectivity index (χ3v) is 4.20. The normalized spacial score (nSPS) is 11.4. The molecule has 0 aliphatic heterocycles. The van der Waals surface area contributed by atoms with Gasteiger partial charge < -0.3 is 0 Å². The van der Waals surface area contributed by atoms with Gasteiger partial charge in [-0.2, -0.15) is 0 Å². The summed E-state index contributed by atoms with van der Waals surface area (Å²) in [7, 11) is -3.18. The summed E-state index contributed by atoms with van der Waals surface area (Å²) in [5, 5.41) is 0. The number of ketones is 1. The van der Waals surface area contributed by atoms with Crippen molar-refractivity contribution in [3.05, 3.63) is 29.8 Å². The second-order valence-corrected chi connectivity index (χ2v) is 5.86. The first-order valence-corrected chi connectivity index (χ1v) is 6.96. The number of hydrogen-bond acceptors (Lipinski definition) is 3. The number of carbonyl (C=O) groups is 1. The summed E-state index contributed by atoms with van der Waals surface area (Å²) in [6, 6.07) is 6.12. The molecular formula is C12H16O3S. The number of unbranched alkanes of at least 4 members (excludes halogenated alkanes) is 1. The predicted molar refractivity (Wildman–Crippen MR) is 63.4 cm³/mol. The lowest BCUT2D eigenvalue weighted by molar-refractivity contribution is 0.101. The Morgan fingerprint density at radius 1 is 1.19 bits per heavy atom. The highest BCUT2D eigenvalue weighted by Gasteiger charge is 2.13. The highest BCUT2D eigenvalue weighted by atomic mass is 32.2. The van der Waals surface area contributed by atoms with Gasteiger partial charge in [-0.25, -0.2) is 8.42 Å². The van der Waals surface area contributed by atoms with E-state index in [1.54, 1.807) is 12.1 Å². The maximum atomic E-state index is 11.8. The van der Waals surface area contributed by atoms with Gasteiger partial charge in [0, 0.05) is 5.56 Å². The van der Waals surface area contributed by atoms with Crippen molar-refractivity contribution < 1.29 is 13.2 Å². The fraction of sp³-hybridized carbons (Fsp3) is 0.417. The molecule has 0 heterocycles. The molecule has 0 saturated carbocycles. The first-order valence-electron chi connectivity index (χ1n) is 5.31. The summed E-state index contributed by atoms with van der Waals surface area (Å²) < 4.78 is 23.6. The molecule has 0 amide bonds. The maximum Gasteiger partial charge on any atom is 0.178 e. The van der Waals surface area contributed by atoms with E-state index >= 15 is 0 Å². The fourth-order valence-corrected chi connectivity index (χ4v) is 2.80. The van der Waals surface area contributed by atoms with E-state index in [1.807, 2.05) is 6.92 Å². The molecule has 0 saturated heterocycles. The quantitative estimate of drug-likeness (QED) is 0.743. The molecular weight excluding hydrogens is 224 g/mol. The third-order valence-electron chi connectivity index (χ3n) is 2.39. The second kappa shape index (κ2) is 5.25. The van der Waals surface area contributed by atoms with E-state index in [-0.39, 0.29) is 11.5 Å². The van der Waals surface area contributed by atoms with Gasteiger partial charge in [0.1, 0.15) is 0 Å². The molecule has 0 spiro atoms. The Labute approximate surface area is 96.4 Å². The van der Waals surface area contributed by atoms with E-state index in [0.29, 0.717) is 16.9 Å². The van der Waals surface area contributed by atoms with Crippen molar-refractivity contribution in [3.63, 3.8) is 0 Å². The molecule has 0 unspecified atom stereocenters. The molecule has 88 valence electrons. The van der Waals surface area contributed by atoms with Crippen LogP contribution in [0.5, 0.6) is 0 Å². The molecule has 0 aliphatic rings. The highest BCUT2D eigenvalue weighted by Crippen LogP contribution is 2.14. The number of sulfone groups is 1. The van der Waals surface area contributed by atoms with Crippen LogP contribution in [-0.4, -0.2) is 20.0 Å². The zero-order chi connectivity index (χ0) is 12.2. The summed E-state index contributed by atoms with van der Waals surface area (Å²) in [5.41, 5.74) is 0.537. The smallest absolute Gasteiger partial charge is 0.178 e. The van der Waals surface area contributed by atoms with Crippen LogP contribution in [0.4, 0.5) is 0 Å². The van der Waals surface area contributed by atoms with Crippen LogP contribution in [0.3, 0.4) is 0 Å². The SMILES string of the molecule is CCCCS(=O)(=O)c1ccc(C(C)=O)cc1. The van der Waals surface area contributed by atoms with E-state index in [1.165, 1.54) is 19.1 Å². The molecule has 0 atom stereocenters. The van der Waals surface area contributed by atoms with Crippen LogP contribution in [0.25, 0.3) is 0 Å². The fourth-order valence-electron chi connectivity index (χ4n) is 1.35. The van der Waals surface area contributed by atoms with Crippen LogP contribution in [-0.2, 0) is 9.84 Å². The van der Waals surface area contributed by atoms with Crippen LogP contribution < -0.4 is 0 Å². The van der Waals surface area contributed by atoms with Gasteiger partial charge in [-0.15, -0.1) is 0 Å². The van der Waals surface area contributed by atoms with Crippen molar-refractivity contribution in [2.75, 3.05) is 5.75 Å². The molecule has 3 nitrogen and oxygen atoms in total. The van der Waals surface area contributed by atoms with Crippen LogP contribution in [0.1, 0.15) is 37.0 Å². The lowest BCUT2D eigenvalue weighted by atomic mass is 10.2. The van der Waals surface area contributed by atoms with E-state index in [0.717, 1.165) is 6.42 Å². The van der Waals surface area contributed by atoms with Crippen LogP contribution in [0.15, 0.2) is 29.2 Å². The molecule has 1 rings (SSSR count). The van der Waals surface area contributed by atoms with Gasteiger partial charge in [0.25, 0.3) is 0 Å². The molecule has 1 aromatic carbocycles. The van der Waals surface area contributed by atoms with Crippen molar-refractivity contribution in [1.29, 1.82) is 0 Å². The monoisotopic (exact) mass is 240 g/mol. The molecule has 0 aliphatic carbocycles. The van der Waals surface area contributed by atoms with Crippen molar-refractivity contribution in [1.82, 2.24) is 0 Å². The average Bonchev–Trinajstić information content (AvgIpc) is 2.26. The van der Waals surface area contributed by atoms with Gasteiger partial charge in [0.05, 0.1) is 10.6 Å². The molecule has 0 radical (unpaired) electrons. The Balaban J connectivity index is 2.93. The Kier molecular flexibility index (Phi) is 4.24. The molecule has 0 bridgehead atoms. The zero-order valence-corrected chi connectivity index (χ0v) is 10.4. The van der Waals surface area contributed by atoms with Crippen LogP contribution >= 0.6 is 0 Å². The molecule has 4 heteroatoms. The van der Waals surface area contributed by atoms with Crippen molar-refractivity contribution in [2.45, 2.75) is 31.6 Å². The van der Waals surface area contributed by atoms with Crippen molar-refractivity contribution >= 4 is 15.6 Å². The summed E-state index contributed by atoms with van der Waals surface area (Å²) in [6.45, 7) is 3.41. The minimum absolute atomic E-state index is 0.0579. The van der Waals surface area contributed by atoms with Gasteiger partial charge in [-0.05, 0) is 25.5 Å². The summed E-state index contributed by atoms with van der Waals surface area (Å²) >= 11 is 0. The topological polar surface area (TPSA) is 51.2 Å². The first kappa shape index (κ1) is 12.9. The zero-order valence-electron chi connectivity index (χ0n) is 9.56. The Bertz CT molecular complexity index is 458. The summed E-state index contributed by atoms with van der Waals surface area (Å²) in [5.74, 6) is 0.112. The lowest BCUT2D eigenvalue weighted by Gasteiger charge is -2.03. The predicted octanol–water partition coefficient (Wildman–Crippen LogP) is 2.46. The lowest BCUT2D eigenvalue weighted by Crippen LogP contribution is -2.06. The Morgan fingerprint density at radius 3 is 2.19 bits per heavy atom. The molecule has 0 N–H and O–H groups in total. The Hall–Kier alpha value is -1.16. The Morgan fingerprint density at radius 2 is 1.75 bits per heavy atom. The van der Waals surface area contributed by atoms with Crippen LogP contribution in [0, 0.1) is 0 Å². The highest BCUT2D eigenvalue weighted by molar-refractivity contribution is 7.91. The van der Waals surface area contributed by atoms with Gasteiger partial charge in [0.2, 0.25) is 0 Å². The molecule has 16 heavy (non-hydrogen) atoms. The number of Topliss-reactive ketones (excluding diaryl/α,β-unsaturated/α-hetero) is 1. The summed E-state index contributed by atoms with van der Waals surface area (Å²) in [4.78, 5) is 11.3. The van der Waals surface area contributed by atoms with E-state index < -0.39 is 9.84 Å². The number of carbonyl (C=O) groups excluding carboxylic acids is 1. The minimum Gasteiger partial charge on any atom is -0.295 e.